The molecule has 0 unspecified atom stereocenters. The van der Waals surface area contributed by atoms with E-state index in [9.17, 15) is 9.90 Å². The molecular weight excluding hydrogens is 168 g/mol. The van der Waals surface area contributed by atoms with Gasteiger partial charge in [-0.05, 0) is 31.1 Å². The van der Waals surface area contributed by atoms with E-state index in [1.54, 1.807) is 0 Å². The van der Waals surface area contributed by atoms with E-state index in [1.807, 2.05) is 0 Å². The second-order valence-electron chi connectivity index (χ2n) is 4.64. The topological polar surface area (TPSA) is 46.5 Å². The Bertz CT molecular complexity index is 222. The summed E-state index contributed by atoms with van der Waals surface area (Å²) in [5.41, 5.74) is -0.147. The minimum Gasteiger partial charge on any atom is -0.469 e. The van der Waals surface area contributed by atoms with Crippen LogP contribution in [0.2, 0.25) is 0 Å². The summed E-state index contributed by atoms with van der Waals surface area (Å²) < 4.78 is 4.71. The highest BCUT2D eigenvalue weighted by molar-refractivity contribution is 5.78. The fourth-order valence-electron chi connectivity index (χ4n) is 2.95. The molecule has 2 aliphatic rings. The van der Waals surface area contributed by atoms with Gasteiger partial charge < -0.3 is 9.84 Å². The van der Waals surface area contributed by atoms with Crippen molar-refractivity contribution < 1.29 is 14.6 Å². The van der Waals surface area contributed by atoms with Crippen molar-refractivity contribution in [2.45, 2.75) is 32.1 Å². The first-order valence-corrected chi connectivity index (χ1v) is 4.86. The first-order chi connectivity index (χ1) is 6.16. The molecule has 74 valence electrons. The number of carbonyl (C=O) groups excluding carboxylic acids is 1. The van der Waals surface area contributed by atoms with E-state index in [1.165, 1.54) is 26.4 Å². The van der Waals surface area contributed by atoms with Crippen LogP contribution in [0.1, 0.15) is 32.1 Å². The molecular formula is C10H16O3. The average Bonchev–Trinajstić information content (AvgIpc) is 2.00. The molecule has 2 rings (SSSR count). The Hall–Kier alpha value is -0.570. The summed E-state index contributed by atoms with van der Waals surface area (Å²) in [5, 5.41) is 9.19. The average molecular weight is 184 g/mol. The Morgan fingerprint density at radius 3 is 2.38 bits per heavy atom. The van der Waals surface area contributed by atoms with Crippen LogP contribution in [0.3, 0.4) is 0 Å². The Kier molecular flexibility index (Phi) is 1.88. The molecule has 0 aliphatic heterocycles. The van der Waals surface area contributed by atoms with Crippen LogP contribution in [0, 0.1) is 10.8 Å². The number of hydrogen-bond acceptors (Lipinski definition) is 3. The van der Waals surface area contributed by atoms with Gasteiger partial charge in [0.15, 0.2) is 0 Å². The predicted molar refractivity (Wildman–Crippen MR) is 47.1 cm³/mol. The van der Waals surface area contributed by atoms with Crippen LogP contribution >= 0.6 is 0 Å². The monoisotopic (exact) mass is 184 g/mol. The van der Waals surface area contributed by atoms with Gasteiger partial charge in [-0.25, -0.2) is 0 Å². The minimum absolute atomic E-state index is 0.0541. The lowest BCUT2D eigenvalue weighted by Gasteiger charge is -2.58. The first-order valence-electron chi connectivity index (χ1n) is 4.86. The fraction of sp³-hybridized carbons (Fsp3) is 0.900. The summed E-state index contributed by atoms with van der Waals surface area (Å²) in [6, 6.07) is 0. The van der Waals surface area contributed by atoms with Crippen LogP contribution in [0.15, 0.2) is 0 Å². The van der Waals surface area contributed by atoms with Gasteiger partial charge in [-0.2, -0.15) is 0 Å². The molecule has 2 aliphatic carbocycles. The molecule has 0 saturated heterocycles. The molecule has 0 atom stereocenters. The van der Waals surface area contributed by atoms with Gasteiger partial charge in [-0.3, -0.25) is 4.79 Å². The van der Waals surface area contributed by atoms with Crippen LogP contribution < -0.4 is 0 Å². The summed E-state index contributed by atoms with van der Waals surface area (Å²) in [5.74, 6) is -0.229. The third kappa shape index (κ3) is 1.10. The van der Waals surface area contributed by atoms with Crippen LogP contribution in [0.5, 0.6) is 0 Å². The molecule has 1 N–H and O–H groups in total. The van der Waals surface area contributed by atoms with Crippen molar-refractivity contribution in [1.82, 2.24) is 0 Å². The Balaban J connectivity index is 2.01. The number of esters is 1. The van der Waals surface area contributed by atoms with Gasteiger partial charge in [0.2, 0.25) is 0 Å². The number of methoxy groups -OCH3 is 1. The van der Waals surface area contributed by atoms with E-state index in [0.29, 0.717) is 5.41 Å². The number of hydrogen-bond donors (Lipinski definition) is 1. The van der Waals surface area contributed by atoms with Crippen LogP contribution in [0.4, 0.5) is 0 Å². The van der Waals surface area contributed by atoms with Crippen molar-refractivity contribution >= 4 is 5.97 Å². The first kappa shape index (κ1) is 9.00. The summed E-state index contributed by atoms with van der Waals surface area (Å²) in [7, 11) is 1.39. The molecule has 0 heterocycles. The molecule has 0 aromatic heterocycles. The lowest BCUT2D eigenvalue weighted by Crippen LogP contribution is -2.56. The number of aliphatic hydroxyl groups is 1. The SMILES string of the molecule is COC(=O)C1(CO)CC2(CCC2)C1. The molecule has 3 heteroatoms. The summed E-state index contributed by atoms with van der Waals surface area (Å²) in [4.78, 5) is 11.4. The highest BCUT2D eigenvalue weighted by Crippen LogP contribution is 2.64. The highest BCUT2D eigenvalue weighted by Gasteiger charge is 2.61. The largest absolute Gasteiger partial charge is 0.469 e. The molecule has 0 radical (unpaired) electrons. The van der Waals surface area contributed by atoms with Crippen molar-refractivity contribution in [2.24, 2.45) is 10.8 Å². The zero-order valence-corrected chi connectivity index (χ0v) is 8.01. The predicted octanol–water partition coefficient (Wildman–Crippen LogP) is 1.10. The molecule has 3 nitrogen and oxygen atoms in total. The Morgan fingerprint density at radius 2 is 2.08 bits per heavy atom. The van der Waals surface area contributed by atoms with Crippen LogP contribution in [-0.2, 0) is 9.53 Å². The van der Waals surface area contributed by atoms with Gasteiger partial charge in [0.25, 0.3) is 0 Å². The van der Waals surface area contributed by atoms with Gasteiger partial charge in [-0.15, -0.1) is 0 Å². The molecule has 13 heavy (non-hydrogen) atoms. The van der Waals surface area contributed by atoms with Crippen molar-refractivity contribution in [1.29, 1.82) is 0 Å². The lowest BCUT2D eigenvalue weighted by molar-refractivity contribution is -0.184. The van der Waals surface area contributed by atoms with E-state index in [0.717, 1.165) is 12.8 Å². The number of rotatable bonds is 2. The fourth-order valence-corrected chi connectivity index (χ4v) is 2.95. The van der Waals surface area contributed by atoms with Crippen molar-refractivity contribution in [3.05, 3.63) is 0 Å². The molecule has 0 bridgehead atoms. The molecule has 0 amide bonds. The molecule has 2 saturated carbocycles. The smallest absolute Gasteiger partial charge is 0.314 e. The zero-order chi connectivity index (χ0) is 9.53. The standard InChI is InChI=1S/C10H16O3/c1-13-8(12)10(7-11)5-9(6-10)3-2-4-9/h11H,2-7H2,1H3. The summed E-state index contributed by atoms with van der Waals surface area (Å²) in [6.07, 6.45) is 5.41. The molecule has 2 fully saturated rings. The van der Waals surface area contributed by atoms with E-state index in [4.69, 9.17) is 4.74 Å². The number of aliphatic hydroxyl groups excluding tert-OH is 1. The molecule has 0 aromatic rings. The maximum atomic E-state index is 11.4. The molecule has 1 spiro atoms. The van der Waals surface area contributed by atoms with Gasteiger partial charge in [0.05, 0.1) is 19.1 Å². The maximum absolute atomic E-state index is 11.4. The summed E-state index contributed by atoms with van der Waals surface area (Å²) in [6.45, 7) is -0.0541. The van der Waals surface area contributed by atoms with Gasteiger partial charge in [-0.1, -0.05) is 6.42 Å². The lowest BCUT2D eigenvalue weighted by atomic mass is 9.45. The Morgan fingerprint density at radius 1 is 1.46 bits per heavy atom. The number of ether oxygens (including phenoxy) is 1. The van der Waals surface area contributed by atoms with Gasteiger partial charge in [0.1, 0.15) is 0 Å². The van der Waals surface area contributed by atoms with E-state index in [-0.39, 0.29) is 12.6 Å². The number of carbonyl (C=O) groups is 1. The summed E-state index contributed by atoms with van der Waals surface area (Å²) >= 11 is 0. The zero-order valence-electron chi connectivity index (χ0n) is 8.01. The van der Waals surface area contributed by atoms with Crippen LogP contribution in [0.25, 0.3) is 0 Å². The third-order valence-electron chi connectivity index (χ3n) is 3.76. The van der Waals surface area contributed by atoms with E-state index < -0.39 is 5.41 Å². The highest BCUT2D eigenvalue weighted by atomic mass is 16.5. The Labute approximate surface area is 78.1 Å². The van der Waals surface area contributed by atoms with Crippen molar-refractivity contribution in [3.63, 3.8) is 0 Å². The molecule has 0 aromatic carbocycles. The van der Waals surface area contributed by atoms with E-state index in [2.05, 4.69) is 0 Å². The quantitative estimate of drug-likeness (QED) is 0.654. The van der Waals surface area contributed by atoms with Gasteiger partial charge in [0, 0.05) is 0 Å². The van der Waals surface area contributed by atoms with Gasteiger partial charge >= 0.3 is 5.97 Å². The maximum Gasteiger partial charge on any atom is 0.314 e. The second-order valence-corrected chi connectivity index (χ2v) is 4.64. The van der Waals surface area contributed by atoms with Crippen molar-refractivity contribution in [2.75, 3.05) is 13.7 Å². The van der Waals surface area contributed by atoms with Crippen molar-refractivity contribution in [3.8, 4) is 0 Å². The van der Waals surface area contributed by atoms with E-state index >= 15 is 0 Å². The normalized spacial score (nSPS) is 27.5. The second kappa shape index (κ2) is 2.71. The minimum atomic E-state index is -0.546. The third-order valence-corrected chi connectivity index (χ3v) is 3.76. The van der Waals surface area contributed by atoms with Crippen LogP contribution in [-0.4, -0.2) is 24.8 Å².